The van der Waals surface area contributed by atoms with Gasteiger partial charge in [0, 0.05) is 17.5 Å². The first-order chi connectivity index (χ1) is 4.70. The summed E-state index contributed by atoms with van der Waals surface area (Å²) >= 11 is 4.73. The molecule has 62 valence electrons. The van der Waals surface area contributed by atoms with Crippen molar-refractivity contribution in [1.82, 2.24) is 4.90 Å². The van der Waals surface area contributed by atoms with E-state index in [2.05, 4.69) is 61.4 Å². The van der Waals surface area contributed by atoms with Gasteiger partial charge in [0.15, 0.2) is 0 Å². The van der Waals surface area contributed by atoms with Crippen LogP contribution in [0.5, 0.6) is 0 Å². The molecule has 0 aliphatic heterocycles. The Morgan fingerprint density at radius 1 is 1.40 bits per heavy atom. The highest BCUT2D eigenvalue weighted by atomic mass is 127. The average molecular weight is 403 g/mol. The molecular formula is C5H11I2NS2. The highest BCUT2D eigenvalue weighted by Crippen LogP contribution is 2.25. The summed E-state index contributed by atoms with van der Waals surface area (Å²) in [6.45, 7) is 1.18. The van der Waals surface area contributed by atoms with E-state index in [4.69, 9.17) is 0 Å². The first-order valence-electron chi connectivity index (χ1n) is 2.86. The summed E-state index contributed by atoms with van der Waals surface area (Å²) in [7, 11) is 8.06. The van der Waals surface area contributed by atoms with Crippen LogP contribution in [-0.2, 0) is 0 Å². The SMILES string of the molecule is CN(C)CC(CSI)SI. The van der Waals surface area contributed by atoms with E-state index in [1.165, 1.54) is 12.3 Å². The van der Waals surface area contributed by atoms with Gasteiger partial charge in [-0.25, -0.2) is 0 Å². The third kappa shape index (κ3) is 6.81. The smallest absolute Gasteiger partial charge is 0.0373 e. The maximum atomic E-state index is 2.38. The van der Waals surface area contributed by atoms with Crippen LogP contribution in [0.3, 0.4) is 0 Å². The molecule has 0 amide bonds. The lowest BCUT2D eigenvalue weighted by Crippen LogP contribution is -2.24. The summed E-state index contributed by atoms with van der Waals surface area (Å²) in [4.78, 5) is 2.24. The Balaban J connectivity index is 3.39. The van der Waals surface area contributed by atoms with E-state index in [-0.39, 0.29) is 0 Å². The topological polar surface area (TPSA) is 3.24 Å². The second-order valence-electron chi connectivity index (χ2n) is 2.25. The minimum Gasteiger partial charge on any atom is -0.308 e. The molecule has 0 radical (unpaired) electrons. The fourth-order valence-electron chi connectivity index (χ4n) is 0.584. The van der Waals surface area contributed by atoms with Crippen molar-refractivity contribution >= 4 is 60.3 Å². The molecule has 0 saturated carbocycles. The summed E-state index contributed by atoms with van der Waals surface area (Å²) in [5, 5.41) is 0.775. The molecule has 1 nitrogen and oxygen atoms in total. The predicted molar refractivity (Wildman–Crippen MR) is 70.4 cm³/mol. The number of nitrogens with zero attached hydrogens (tertiary/aromatic N) is 1. The number of rotatable bonds is 5. The second-order valence-corrected chi connectivity index (χ2v) is 7.04. The van der Waals surface area contributed by atoms with Gasteiger partial charge in [0.05, 0.1) is 0 Å². The van der Waals surface area contributed by atoms with Crippen molar-refractivity contribution in [3.8, 4) is 0 Å². The molecule has 1 atom stereocenters. The molecule has 0 spiro atoms. The van der Waals surface area contributed by atoms with Crippen LogP contribution in [0.4, 0.5) is 0 Å². The van der Waals surface area contributed by atoms with E-state index in [0.717, 1.165) is 5.25 Å². The normalized spacial score (nSPS) is 14.1. The van der Waals surface area contributed by atoms with E-state index < -0.39 is 0 Å². The molecule has 10 heavy (non-hydrogen) atoms. The molecule has 0 heterocycles. The maximum absolute atomic E-state index is 2.38. The van der Waals surface area contributed by atoms with Crippen molar-refractivity contribution in [2.75, 3.05) is 26.4 Å². The van der Waals surface area contributed by atoms with Crippen molar-refractivity contribution in [3.63, 3.8) is 0 Å². The Hall–Kier alpha value is 2.12. The molecular weight excluding hydrogens is 392 g/mol. The lowest BCUT2D eigenvalue weighted by molar-refractivity contribution is 0.415. The summed E-state index contributed by atoms with van der Waals surface area (Å²) in [5.41, 5.74) is 0. The van der Waals surface area contributed by atoms with Gasteiger partial charge in [-0.1, -0.05) is 17.9 Å². The molecule has 0 bridgehead atoms. The van der Waals surface area contributed by atoms with Crippen molar-refractivity contribution in [3.05, 3.63) is 0 Å². The summed E-state index contributed by atoms with van der Waals surface area (Å²) < 4.78 is 0. The minimum atomic E-state index is 0.775. The third-order valence-corrected chi connectivity index (χ3v) is 5.49. The second kappa shape index (κ2) is 7.75. The molecule has 0 fully saturated rings. The molecule has 0 aromatic carbocycles. The third-order valence-electron chi connectivity index (χ3n) is 0.944. The van der Waals surface area contributed by atoms with Crippen LogP contribution >= 0.6 is 60.3 Å². The standard InChI is InChI=1S/C5H11I2NS2/c1-8(2)3-5(10-7)4-9-6/h5H,3-4H2,1-2H3. The lowest BCUT2D eigenvalue weighted by atomic mass is 10.4. The Bertz CT molecular complexity index is 82.0. The highest BCUT2D eigenvalue weighted by Gasteiger charge is 2.07. The monoisotopic (exact) mass is 403 g/mol. The first kappa shape index (κ1) is 12.1. The molecule has 0 aliphatic rings. The van der Waals surface area contributed by atoms with E-state index in [1.54, 1.807) is 0 Å². The van der Waals surface area contributed by atoms with Crippen LogP contribution in [0.25, 0.3) is 0 Å². The summed E-state index contributed by atoms with van der Waals surface area (Å²) in [6, 6.07) is 0. The average Bonchev–Trinajstić information content (AvgIpc) is 1.86. The van der Waals surface area contributed by atoms with E-state index in [0.29, 0.717) is 0 Å². The van der Waals surface area contributed by atoms with Crippen molar-refractivity contribution in [2.45, 2.75) is 5.25 Å². The highest BCUT2D eigenvalue weighted by molar-refractivity contribution is 14.2. The van der Waals surface area contributed by atoms with Gasteiger partial charge in [-0.2, -0.15) is 0 Å². The zero-order valence-corrected chi connectivity index (χ0v) is 12.0. The predicted octanol–water partition coefficient (Wildman–Crippen LogP) is 3.08. The van der Waals surface area contributed by atoms with Crippen LogP contribution in [0, 0.1) is 0 Å². The van der Waals surface area contributed by atoms with E-state index in [1.807, 2.05) is 17.9 Å². The maximum Gasteiger partial charge on any atom is 0.0373 e. The van der Waals surface area contributed by atoms with Crippen LogP contribution in [0.2, 0.25) is 0 Å². The molecule has 5 heteroatoms. The van der Waals surface area contributed by atoms with Gasteiger partial charge in [-0.3, -0.25) is 0 Å². The quantitative estimate of drug-likeness (QED) is 0.650. The molecule has 0 aliphatic carbocycles. The zero-order chi connectivity index (χ0) is 7.98. The van der Waals surface area contributed by atoms with E-state index >= 15 is 0 Å². The van der Waals surface area contributed by atoms with Gasteiger partial charge in [0.1, 0.15) is 0 Å². The van der Waals surface area contributed by atoms with Crippen molar-refractivity contribution < 1.29 is 0 Å². The van der Waals surface area contributed by atoms with Gasteiger partial charge in [0.25, 0.3) is 0 Å². The van der Waals surface area contributed by atoms with Gasteiger partial charge in [-0.15, -0.1) is 0 Å². The molecule has 0 N–H and O–H groups in total. The molecule has 0 aromatic rings. The Labute approximate surface area is 95.6 Å². The molecule has 0 saturated heterocycles. The van der Waals surface area contributed by atoms with Crippen LogP contribution in [0.1, 0.15) is 0 Å². The summed E-state index contributed by atoms with van der Waals surface area (Å²) in [5.74, 6) is 1.24. The van der Waals surface area contributed by atoms with Crippen LogP contribution in [-0.4, -0.2) is 36.5 Å². The minimum absolute atomic E-state index is 0.775. The Morgan fingerprint density at radius 2 is 2.00 bits per heavy atom. The summed E-state index contributed by atoms with van der Waals surface area (Å²) in [6.07, 6.45) is 0. The Kier molecular flexibility index (Phi) is 9.40. The van der Waals surface area contributed by atoms with Crippen molar-refractivity contribution in [1.29, 1.82) is 0 Å². The van der Waals surface area contributed by atoms with Gasteiger partial charge in [0.2, 0.25) is 0 Å². The van der Waals surface area contributed by atoms with Gasteiger partial charge in [-0.05, 0) is 56.5 Å². The van der Waals surface area contributed by atoms with Crippen molar-refractivity contribution in [2.24, 2.45) is 0 Å². The lowest BCUT2D eigenvalue weighted by Gasteiger charge is -2.16. The molecule has 0 rings (SSSR count). The molecule has 0 aromatic heterocycles. The fraction of sp³-hybridized carbons (Fsp3) is 1.00. The van der Waals surface area contributed by atoms with Crippen LogP contribution in [0.15, 0.2) is 0 Å². The Morgan fingerprint density at radius 3 is 2.30 bits per heavy atom. The number of hydrogen-bond donors (Lipinski definition) is 0. The molecule has 1 unspecified atom stereocenters. The number of halogens is 2. The van der Waals surface area contributed by atoms with Gasteiger partial charge < -0.3 is 4.90 Å². The number of hydrogen-bond acceptors (Lipinski definition) is 3. The first-order valence-corrected chi connectivity index (χ1v) is 9.81. The zero-order valence-electron chi connectivity index (χ0n) is 6.01. The largest absolute Gasteiger partial charge is 0.308 e. The fourth-order valence-corrected chi connectivity index (χ4v) is 5.43. The van der Waals surface area contributed by atoms with Crippen LogP contribution < -0.4 is 0 Å². The van der Waals surface area contributed by atoms with Gasteiger partial charge >= 0.3 is 0 Å². The van der Waals surface area contributed by atoms with E-state index in [9.17, 15) is 0 Å².